The topological polar surface area (TPSA) is 76.0 Å². The van der Waals surface area contributed by atoms with E-state index in [2.05, 4.69) is 27.4 Å². The Balaban J connectivity index is 1.79. The standard InChI is InChI=1S/C24H40O5/c1-16-8-7-13-23(4,5)19(16)10-9-17(2)20(25)11-14-24(6)15-12-21(28-29-24)18(3)22(26)27/h18,20-21,25H,2,7-15H2,1,3-6H3,(H,26,27)/t18-,20?,21+,24-/m0/s1. The number of aliphatic hydroxyl groups is 1. The summed E-state index contributed by atoms with van der Waals surface area (Å²) >= 11 is 0. The van der Waals surface area contributed by atoms with Crippen molar-refractivity contribution in [2.24, 2.45) is 11.3 Å². The first-order valence-electron chi connectivity index (χ1n) is 11.1. The second kappa shape index (κ2) is 9.76. The Morgan fingerprint density at radius 2 is 2.00 bits per heavy atom. The van der Waals surface area contributed by atoms with Crippen LogP contribution in [0.25, 0.3) is 0 Å². The van der Waals surface area contributed by atoms with E-state index in [0.717, 1.165) is 24.8 Å². The molecule has 29 heavy (non-hydrogen) atoms. The predicted molar refractivity (Wildman–Crippen MR) is 114 cm³/mol. The van der Waals surface area contributed by atoms with Crippen LogP contribution < -0.4 is 0 Å². The van der Waals surface area contributed by atoms with E-state index in [9.17, 15) is 9.90 Å². The number of aliphatic carboxylic acids is 1. The molecule has 1 unspecified atom stereocenters. The van der Waals surface area contributed by atoms with Crippen LogP contribution >= 0.6 is 0 Å². The largest absolute Gasteiger partial charge is 0.481 e. The van der Waals surface area contributed by atoms with Crippen molar-refractivity contribution >= 4 is 5.97 Å². The molecule has 0 spiro atoms. The number of allylic oxidation sites excluding steroid dienone is 2. The van der Waals surface area contributed by atoms with Gasteiger partial charge in [-0.1, -0.05) is 31.6 Å². The van der Waals surface area contributed by atoms with E-state index >= 15 is 0 Å². The van der Waals surface area contributed by atoms with Gasteiger partial charge in [-0.25, -0.2) is 9.78 Å². The second-order valence-corrected chi connectivity index (χ2v) is 10.0. The molecule has 5 heteroatoms. The SMILES string of the molecule is C=C(CCC1=C(C)CCCC1(C)C)C(O)CC[C@@]1(C)CC[C@H]([C@H](C)C(=O)O)OO1. The van der Waals surface area contributed by atoms with Gasteiger partial charge in [0.25, 0.3) is 0 Å². The highest BCUT2D eigenvalue weighted by atomic mass is 17.2. The second-order valence-electron chi connectivity index (χ2n) is 10.0. The summed E-state index contributed by atoms with van der Waals surface area (Å²) in [6.07, 6.45) is 7.06. The van der Waals surface area contributed by atoms with Gasteiger partial charge in [0.2, 0.25) is 0 Å². The molecule has 0 aromatic rings. The van der Waals surface area contributed by atoms with E-state index in [-0.39, 0.29) is 5.41 Å². The van der Waals surface area contributed by atoms with Gasteiger partial charge in [-0.2, -0.15) is 0 Å². The lowest BCUT2D eigenvalue weighted by atomic mass is 9.71. The Kier molecular flexibility index (Phi) is 8.11. The minimum Gasteiger partial charge on any atom is -0.481 e. The number of aliphatic hydroxyl groups excluding tert-OH is 1. The monoisotopic (exact) mass is 408 g/mol. The maximum atomic E-state index is 11.1. The van der Waals surface area contributed by atoms with E-state index in [4.69, 9.17) is 14.9 Å². The molecular weight excluding hydrogens is 368 g/mol. The van der Waals surface area contributed by atoms with Crippen LogP contribution in [0.1, 0.15) is 92.4 Å². The first kappa shape index (κ1) is 24.1. The Morgan fingerprint density at radius 1 is 1.31 bits per heavy atom. The van der Waals surface area contributed by atoms with Crippen molar-refractivity contribution in [3.8, 4) is 0 Å². The quantitative estimate of drug-likeness (QED) is 0.385. The highest BCUT2D eigenvalue weighted by Gasteiger charge is 2.38. The molecule has 0 saturated carbocycles. The molecule has 2 N–H and O–H groups in total. The summed E-state index contributed by atoms with van der Waals surface area (Å²) in [7, 11) is 0. The van der Waals surface area contributed by atoms with E-state index < -0.39 is 29.7 Å². The Labute approximate surface area is 176 Å². The molecule has 1 heterocycles. The van der Waals surface area contributed by atoms with Crippen LogP contribution in [0.5, 0.6) is 0 Å². The van der Waals surface area contributed by atoms with Gasteiger partial charge in [0.1, 0.15) is 11.7 Å². The lowest BCUT2D eigenvalue weighted by Crippen LogP contribution is -2.41. The number of carboxylic acid groups (broad SMARTS) is 1. The van der Waals surface area contributed by atoms with Crippen molar-refractivity contribution in [3.63, 3.8) is 0 Å². The molecule has 166 valence electrons. The van der Waals surface area contributed by atoms with Crippen LogP contribution in [0, 0.1) is 11.3 Å². The molecule has 0 amide bonds. The molecule has 4 atom stereocenters. The molecular formula is C24H40O5. The van der Waals surface area contributed by atoms with E-state index in [1.54, 1.807) is 6.92 Å². The van der Waals surface area contributed by atoms with Gasteiger partial charge in [-0.15, -0.1) is 0 Å². The van der Waals surface area contributed by atoms with Crippen molar-refractivity contribution in [3.05, 3.63) is 23.3 Å². The third-order valence-corrected chi connectivity index (χ3v) is 7.08. The fraction of sp³-hybridized carbons (Fsp3) is 0.792. The average molecular weight is 409 g/mol. The van der Waals surface area contributed by atoms with Crippen molar-refractivity contribution in [2.75, 3.05) is 0 Å². The highest BCUT2D eigenvalue weighted by Crippen LogP contribution is 2.43. The Hall–Kier alpha value is -1.17. The summed E-state index contributed by atoms with van der Waals surface area (Å²) in [5, 5.41) is 19.7. The summed E-state index contributed by atoms with van der Waals surface area (Å²) in [6, 6.07) is 0. The number of hydrogen-bond donors (Lipinski definition) is 2. The van der Waals surface area contributed by atoms with Crippen LogP contribution in [0.2, 0.25) is 0 Å². The molecule has 1 aliphatic carbocycles. The van der Waals surface area contributed by atoms with Crippen LogP contribution in [-0.2, 0) is 14.6 Å². The Morgan fingerprint density at radius 3 is 2.55 bits per heavy atom. The first-order chi connectivity index (χ1) is 13.4. The van der Waals surface area contributed by atoms with Crippen molar-refractivity contribution in [1.82, 2.24) is 0 Å². The molecule has 0 radical (unpaired) electrons. The fourth-order valence-corrected chi connectivity index (χ4v) is 4.70. The van der Waals surface area contributed by atoms with Gasteiger partial charge in [0.05, 0.1) is 12.0 Å². The van der Waals surface area contributed by atoms with Gasteiger partial charge in [-0.05, 0) is 89.5 Å². The molecule has 2 aliphatic rings. The zero-order valence-corrected chi connectivity index (χ0v) is 18.9. The Bertz CT molecular complexity index is 625. The third kappa shape index (κ3) is 6.40. The highest BCUT2D eigenvalue weighted by molar-refractivity contribution is 5.70. The summed E-state index contributed by atoms with van der Waals surface area (Å²) < 4.78 is 0. The smallest absolute Gasteiger partial charge is 0.308 e. The van der Waals surface area contributed by atoms with Gasteiger partial charge in [-0.3, -0.25) is 4.79 Å². The van der Waals surface area contributed by atoms with E-state index in [1.807, 2.05) is 6.92 Å². The maximum absolute atomic E-state index is 11.1. The summed E-state index contributed by atoms with van der Waals surface area (Å²) in [5.74, 6) is -1.47. The fourth-order valence-electron chi connectivity index (χ4n) is 4.70. The molecule has 1 fully saturated rings. The van der Waals surface area contributed by atoms with E-state index in [0.29, 0.717) is 19.3 Å². The number of carboxylic acids is 1. The average Bonchev–Trinajstić information content (AvgIpc) is 2.65. The third-order valence-electron chi connectivity index (χ3n) is 7.08. The summed E-state index contributed by atoms with van der Waals surface area (Å²) in [6.45, 7) is 14.6. The molecule has 5 nitrogen and oxygen atoms in total. The number of rotatable bonds is 9. The maximum Gasteiger partial charge on any atom is 0.308 e. The van der Waals surface area contributed by atoms with Crippen molar-refractivity contribution in [2.45, 2.75) is 110 Å². The molecule has 0 aromatic carbocycles. The molecule has 2 rings (SSSR count). The number of carbonyl (C=O) groups is 1. The lowest BCUT2D eigenvalue weighted by molar-refractivity contribution is -0.411. The minimum absolute atomic E-state index is 0.248. The zero-order valence-electron chi connectivity index (χ0n) is 18.9. The van der Waals surface area contributed by atoms with Crippen LogP contribution in [0.15, 0.2) is 23.3 Å². The number of hydrogen-bond acceptors (Lipinski definition) is 4. The van der Waals surface area contributed by atoms with Crippen LogP contribution in [-0.4, -0.2) is 34.0 Å². The molecule has 0 bridgehead atoms. The predicted octanol–water partition coefficient (Wildman–Crippen LogP) is 5.58. The normalized spacial score (nSPS) is 29.4. The van der Waals surface area contributed by atoms with Gasteiger partial charge < -0.3 is 10.2 Å². The van der Waals surface area contributed by atoms with Gasteiger partial charge in [0, 0.05) is 0 Å². The van der Waals surface area contributed by atoms with Crippen molar-refractivity contribution in [1.29, 1.82) is 0 Å². The van der Waals surface area contributed by atoms with Gasteiger partial charge in [0.15, 0.2) is 0 Å². The van der Waals surface area contributed by atoms with Gasteiger partial charge >= 0.3 is 5.97 Å². The lowest BCUT2D eigenvalue weighted by Gasteiger charge is -2.37. The minimum atomic E-state index is -0.875. The molecule has 0 aromatic heterocycles. The van der Waals surface area contributed by atoms with Crippen LogP contribution in [0.4, 0.5) is 0 Å². The summed E-state index contributed by atoms with van der Waals surface area (Å²) in [5.41, 5.74) is 3.67. The molecule has 1 saturated heterocycles. The van der Waals surface area contributed by atoms with Crippen LogP contribution in [0.3, 0.4) is 0 Å². The van der Waals surface area contributed by atoms with Crippen molar-refractivity contribution < 1.29 is 24.8 Å². The summed E-state index contributed by atoms with van der Waals surface area (Å²) in [4.78, 5) is 22.0. The van der Waals surface area contributed by atoms with E-state index in [1.165, 1.54) is 30.4 Å². The zero-order chi connectivity index (χ0) is 21.8. The molecule has 1 aliphatic heterocycles. The first-order valence-corrected chi connectivity index (χ1v) is 11.1.